The summed E-state index contributed by atoms with van der Waals surface area (Å²) in [5.74, 6) is 0. The molecule has 4 nitrogen and oxygen atoms in total. The highest BCUT2D eigenvalue weighted by Crippen LogP contribution is 2.27. The first-order valence-corrected chi connectivity index (χ1v) is 7.27. The van der Waals surface area contributed by atoms with Crippen LogP contribution in [-0.4, -0.2) is 49.0 Å². The van der Waals surface area contributed by atoms with Crippen molar-refractivity contribution in [3.63, 3.8) is 0 Å². The molecule has 1 fully saturated rings. The number of rotatable bonds is 5. The first-order chi connectivity index (χ1) is 6.50. The Kier molecular flexibility index (Phi) is 4.36. The lowest BCUT2D eigenvalue weighted by Crippen LogP contribution is -2.49. The lowest BCUT2D eigenvalue weighted by Gasteiger charge is -2.37. The normalized spacial score (nSPS) is 18.9. The van der Waals surface area contributed by atoms with E-state index in [0.29, 0.717) is 11.9 Å². The zero-order valence-electron chi connectivity index (χ0n) is 8.61. The van der Waals surface area contributed by atoms with Crippen LogP contribution in [0.1, 0.15) is 19.3 Å². The summed E-state index contributed by atoms with van der Waals surface area (Å²) >= 11 is 3.29. The topological polar surface area (TPSA) is 40.6 Å². The summed E-state index contributed by atoms with van der Waals surface area (Å²) < 4.78 is 26.7. The monoisotopic (exact) mass is 284 g/mol. The van der Waals surface area contributed by atoms with E-state index in [-0.39, 0.29) is 6.04 Å². The third-order valence-corrected chi connectivity index (χ3v) is 4.90. The number of alkyl halides is 1. The molecule has 0 heterocycles. The van der Waals surface area contributed by atoms with E-state index in [1.165, 1.54) is 4.31 Å². The summed E-state index contributed by atoms with van der Waals surface area (Å²) in [7, 11) is -0.0674. The zero-order valence-corrected chi connectivity index (χ0v) is 11.0. The predicted octanol–water partition coefficient (Wildman–Crippen LogP) is 1.04. The Morgan fingerprint density at radius 1 is 1.36 bits per heavy atom. The van der Waals surface area contributed by atoms with Crippen LogP contribution in [0.3, 0.4) is 0 Å². The highest BCUT2D eigenvalue weighted by molar-refractivity contribution is 9.09. The van der Waals surface area contributed by atoms with Crippen molar-refractivity contribution < 1.29 is 8.42 Å². The molecule has 14 heavy (non-hydrogen) atoms. The van der Waals surface area contributed by atoms with Crippen LogP contribution in [0.2, 0.25) is 0 Å². The van der Waals surface area contributed by atoms with E-state index in [0.717, 1.165) is 19.3 Å². The van der Waals surface area contributed by atoms with Crippen molar-refractivity contribution in [1.82, 2.24) is 8.61 Å². The van der Waals surface area contributed by atoms with Gasteiger partial charge >= 0.3 is 0 Å². The van der Waals surface area contributed by atoms with Crippen LogP contribution < -0.4 is 0 Å². The summed E-state index contributed by atoms with van der Waals surface area (Å²) in [4.78, 5) is 0. The molecule has 84 valence electrons. The van der Waals surface area contributed by atoms with Gasteiger partial charge in [-0.25, -0.2) is 0 Å². The van der Waals surface area contributed by atoms with E-state index in [2.05, 4.69) is 15.9 Å². The van der Waals surface area contributed by atoms with Gasteiger partial charge in [-0.05, 0) is 12.8 Å². The highest BCUT2D eigenvalue weighted by atomic mass is 79.9. The molecule has 1 aliphatic carbocycles. The van der Waals surface area contributed by atoms with Crippen LogP contribution in [-0.2, 0) is 10.2 Å². The van der Waals surface area contributed by atoms with Crippen molar-refractivity contribution in [2.24, 2.45) is 0 Å². The molecule has 1 aliphatic rings. The Labute approximate surface area is 94.6 Å². The van der Waals surface area contributed by atoms with Gasteiger partial charge in [-0.1, -0.05) is 22.4 Å². The first-order valence-electron chi connectivity index (χ1n) is 4.75. The summed E-state index contributed by atoms with van der Waals surface area (Å²) in [6.07, 6.45) is 3.15. The Hall–Kier alpha value is 0.350. The standard InChI is InChI=1S/C8H17BrN2O2S/c1-10(2)14(12,13)11(7-6-9)8-4-3-5-8/h8H,3-7H2,1-2H3. The SMILES string of the molecule is CN(C)S(=O)(=O)N(CCBr)C1CCC1. The Bertz CT molecular complexity index is 275. The third-order valence-electron chi connectivity index (χ3n) is 2.54. The van der Waals surface area contributed by atoms with Gasteiger partial charge in [-0.3, -0.25) is 0 Å². The lowest BCUT2D eigenvalue weighted by molar-refractivity contribution is 0.218. The first kappa shape index (κ1) is 12.4. The van der Waals surface area contributed by atoms with Gasteiger partial charge in [0.15, 0.2) is 0 Å². The molecule has 0 aromatic rings. The summed E-state index contributed by atoms with van der Waals surface area (Å²) in [6.45, 7) is 0.561. The molecule has 0 aliphatic heterocycles. The fraction of sp³-hybridized carbons (Fsp3) is 1.00. The van der Waals surface area contributed by atoms with Gasteiger partial charge in [-0.15, -0.1) is 0 Å². The molecule has 0 spiro atoms. The van der Waals surface area contributed by atoms with Crippen LogP contribution in [0.4, 0.5) is 0 Å². The molecular weight excluding hydrogens is 268 g/mol. The van der Waals surface area contributed by atoms with Gasteiger partial charge < -0.3 is 0 Å². The average molecular weight is 285 g/mol. The van der Waals surface area contributed by atoms with Crippen LogP contribution in [0.5, 0.6) is 0 Å². The molecule has 1 saturated carbocycles. The second-order valence-electron chi connectivity index (χ2n) is 3.67. The summed E-state index contributed by atoms with van der Waals surface area (Å²) in [5.41, 5.74) is 0. The van der Waals surface area contributed by atoms with Crippen molar-refractivity contribution in [3.8, 4) is 0 Å². The minimum Gasteiger partial charge on any atom is -0.195 e. The molecule has 1 rings (SSSR count). The average Bonchev–Trinajstić information content (AvgIpc) is 2.00. The summed E-state index contributed by atoms with van der Waals surface area (Å²) in [6, 6.07) is 0.222. The van der Waals surface area contributed by atoms with Crippen molar-refractivity contribution in [1.29, 1.82) is 0 Å². The van der Waals surface area contributed by atoms with E-state index < -0.39 is 10.2 Å². The van der Waals surface area contributed by atoms with Gasteiger partial charge in [-0.2, -0.15) is 17.0 Å². The Balaban J connectivity index is 2.75. The maximum atomic E-state index is 11.9. The predicted molar refractivity (Wildman–Crippen MR) is 60.7 cm³/mol. The van der Waals surface area contributed by atoms with Crippen LogP contribution in [0, 0.1) is 0 Å². The van der Waals surface area contributed by atoms with E-state index in [1.807, 2.05) is 0 Å². The van der Waals surface area contributed by atoms with Crippen molar-refractivity contribution in [3.05, 3.63) is 0 Å². The van der Waals surface area contributed by atoms with Crippen LogP contribution in [0.25, 0.3) is 0 Å². The van der Waals surface area contributed by atoms with Gasteiger partial charge in [0.05, 0.1) is 0 Å². The van der Waals surface area contributed by atoms with E-state index >= 15 is 0 Å². The van der Waals surface area contributed by atoms with Gasteiger partial charge in [0.1, 0.15) is 0 Å². The molecule has 0 unspecified atom stereocenters. The molecule has 0 radical (unpaired) electrons. The highest BCUT2D eigenvalue weighted by Gasteiger charge is 2.34. The van der Waals surface area contributed by atoms with Gasteiger partial charge in [0.25, 0.3) is 10.2 Å². The lowest BCUT2D eigenvalue weighted by atomic mass is 9.93. The molecule has 6 heteroatoms. The van der Waals surface area contributed by atoms with Crippen LogP contribution >= 0.6 is 15.9 Å². The largest absolute Gasteiger partial charge is 0.281 e. The quantitative estimate of drug-likeness (QED) is 0.708. The maximum Gasteiger partial charge on any atom is 0.281 e. The molecule has 0 aromatic carbocycles. The van der Waals surface area contributed by atoms with Crippen molar-refractivity contribution in [2.45, 2.75) is 25.3 Å². The molecule has 0 aromatic heterocycles. The fourth-order valence-corrected chi connectivity index (χ4v) is 3.40. The summed E-state index contributed by atoms with van der Waals surface area (Å²) in [5, 5.41) is 0.691. The third kappa shape index (κ3) is 2.48. The number of hydrogen-bond donors (Lipinski definition) is 0. The molecular formula is C8H17BrN2O2S. The minimum absolute atomic E-state index is 0.222. The van der Waals surface area contributed by atoms with Gasteiger partial charge in [0.2, 0.25) is 0 Å². The fourth-order valence-electron chi connectivity index (χ4n) is 1.45. The number of nitrogens with zero attached hydrogens (tertiary/aromatic N) is 2. The van der Waals surface area contributed by atoms with Gasteiger partial charge in [0, 0.05) is 32.0 Å². The molecule has 0 saturated heterocycles. The second-order valence-corrected chi connectivity index (χ2v) is 6.56. The molecule has 0 N–H and O–H groups in total. The molecule has 0 atom stereocenters. The number of hydrogen-bond acceptors (Lipinski definition) is 2. The van der Waals surface area contributed by atoms with E-state index in [4.69, 9.17) is 0 Å². The van der Waals surface area contributed by atoms with E-state index in [9.17, 15) is 8.42 Å². The van der Waals surface area contributed by atoms with Crippen molar-refractivity contribution in [2.75, 3.05) is 26.0 Å². The minimum atomic E-state index is -3.22. The zero-order chi connectivity index (χ0) is 10.8. The maximum absolute atomic E-state index is 11.9. The second kappa shape index (κ2) is 4.92. The molecule has 0 bridgehead atoms. The molecule has 0 amide bonds. The Morgan fingerprint density at radius 2 is 1.93 bits per heavy atom. The smallest absolute Gasteiger partial charge is 0.195 e. The van der Waals surface area contributed by atoms with Crippen molar-refractivity contribution >= 4 is 26.1 Å². The van der Waals surface area contributed by atoms with Crippen LogP contribution in [0.15, 0.2) is 0 Å². The Morgan fingerprint density at radius 3 is 2.21 bits per heavy atom. The number of halogens is 1. The van der Waals surface area contributed by atoms with E-state index in [1.54, 1.807) is 18.4 Å².